The van der Waals surface area contributed by atoms with Crippen molar-refractivity contribution in [1.29, 1.82) is 0 Å². The molecule has 0 radical (unpaired) electrons. The fraction of sp³-hybridized carbons (Fsp3) is 0.382. The number of aromatic hydroxyl groups is 1. The van der Waals surface area contributed by atoms with Gasteiger partial charge in [-0.3, -0.25) is 4.79 Å². The maximum atomic E-state index is 13.8. The summed E-state index contributed by atoms with van der Waals surface area (Å²) in [6.07, 6.45) is 9.62. The fourth-order valence-corrected chi connectivity index (χ4v) is 6.70. The number of hydrogen-bond acceptors (Lipinski definition) is 6. The summed E-state index contributed by atoms with van der Waals surface area (Å²) in [5.41, 5.74) is 5.79. The molecule has 214 valence electrons. The van der Waals surface area contributed by atoms with Crippen molar-refractivity contribution in [2.75, 3.05) is 19.5 Å². The number of nitrogens with zero attached hydrogens (tertiary/aromatic N) is 1. The number of amides is 1. The van der Waals surface area contributed by atoms with E-state index in [2.05, 4.69) is 38.2 Å². The largest absolute Gasteiger partial charge is 0.504 e. The molecule has 1 saturated carbocycles. The highest BCUT2D eigenvalue weighted by Gasteiger charge is 2.34. The number of benzene rings is 2. The number of furan rings is 1. The van der Waals surface area contributed by atoms with Crippen LogP contribution in [0.25, 0.3) is 28.5 Å². The molecule has 3 aromatic rings. The predicted octanol–water partition coefficient (Wildman–Crippen LogP) is 7.87. The lowest BCUT2D eigenvalue weighted by atomic mass is 9.83. The van der Waals surface area contributed by atoms with Crippen LogP contribution in [0.15, 0.2) is 40.8 Å². The summed E-state index contributed by atoms with van der Waals surface area (Å²) in [4.78, 5) is 15.7. The van der Waals surface area contributed by atoms with Crippen molar-refractivity contribution in [3.63, 3.8) is 0 Å². The first kappa shape index (κ1) is 27.1. The third kappa shape index (κ3) is 4.67. The number of ether oxygens (including phenoxy) is 2. The quantitative estimate of drug-likeness (QED) is 0.341. The summed E-state index contributed by atoms with van der Waals surface area (Å²) in [6.45, 7) is 8.22. The van der Waals surface area contributed by atoms with E-state index in [-0.39, 0.29) is 23.2 Å². The smallest absolute Gasteiger partial charge is 0.257 e. The molecule has 1 aromatic heterocycles. The number of allylic oxidation sites excluding steroid dienone is 1. The third-order valence-corrected chi connectivity index (χ3v) is 8.49. The van der Waals surface area contributed by atoms with Crippen LogP contribution in [0.3, 0.4) is 0 Å². The van der Waals surface area contributed by atoms with Crippen LogP contribution in [-0.4, -0.2) is 41.7 Å². The Balaban J connectivity index is 1.53. The number of phenols is 1. The molecule has 3 aliphatic rings. The fourth-order valence-electron chi connectivity index (χ4n) is 6.70. The zero-order valence-electron chi connectivity index (χ0n) is 24.7. The first-order valence-corrected chi connectivity index (χ1v) is 14.4. The molecule has 2 aromatic carbocycles. The van der Waals surface area contributed by atoms with Crippen LogP contribution in [0.1, 0.15) is 85.9 Å². The SMILES string of the molecule is COc1c(O)ccc2c1-c1ccc3c(c1/C(=C/c1oc(C)cc1C(=O)N(C)C1CCCCC1)O2)C(C)=CC(C)(C)N3. The Morgan fingerprint density at radius 3 is 2.59 bits per heavy atom. The maximum absolute atomic E-state index is 13.8. The monoisotopic (exact) mass is 554 g/mol. The predicted molar refractivity (Wildman–Crippen MR) is 162 cm³/mol. The highest BCUT2D eigenvalue weighted by Crippen LogP contribution is 2.54. The molecule has 1 fully saturated rings. The summed E-state index contributed by atoms with van der Waals surface area (Å²) in [7, 11) is 3.44. The molecular weight excluding hydrogens is 516 g/mol. The zero-order chi connectivity index (χ0) is 29.1. The lowest BCUT2D eigenvalue weighted by Crippen LogP contribution is -2.38. The highest BCUT2D eigenvalue weighted by atomic mass is 16.5. The summed E-state index contributed by atoms with van der Waals surface area (Å²) in [6, 6.07) is 9.46. The van der Waals surface area contributed by atoms with E-state index in [1.807, 2.05) is 37.1 Å². The Kier molecular flexibility index (Phi) is 6.63. The second kappa shape index (κ2) is 10.1. The number of methoxy groups -OCH3 is 1. The summed E-state index contributed by atoms with van der Waals surface area (Å²) in [5, 5.41) is 14.3. The molecule has 0 unspecified atom stereocenters. The van der Waals surface area contributed by atoms with Gasteiger partial charge in [0, 0.05) is 41.5 Å². The van der Waals surface area contributed by atoms with Crippen molar-refractivity contribution in [1.82, 2.24) is 4.90 Å². The van der Waals surface area contributed by atoms with Gasteiger partial charge in [-0.2, -0.15) is 0 Å². The second-order valence-electron chi connectivity index (χ2n) is 12.0. The number of phenolic OH excluding ortho intramolecular Hbond substituents is 1. The number of carbonyl (C=O) groups is 1. The lowest BCUT2D eigenvalue weighted by molar-refractivity contribution is 0.0695. The van der Waals surface area contributed by atoms with E-state index in [4.69, 9.17) is 13.9 Å². The second-order valence-corrected chi connectivity index (χ2v) is 12.0. The van der Waals surface area contributed by atoms with Crippen LogP contribution in [0.5, 0.6) is 17.2 Å². The van der Waals surface area contributed by atoms with Crippen LogP contribution < -0.4 is 14.8 Å². The molecule has 2 N–H and O–H groups in total. The van der Waals surface area contributed by atoms with E-state index in [9.17, 15) is 9.90 Å². The van der Waals surface area contributed by atoms with E-state index < -0.39 is 0 Å². The van der Waals surface area contributed by atoms with E-state index in [1.54, 1.807) is 19.2 Å². The molecule has 2 aliphatic heterocycles. The number of aryl methyl sites for hydroxylation is 1. The molecule has 41 heavy (non-hydrogen) atoms. The number of anilines is 1. The minimum atomic E-state index is -0.222. The van der Waals surface area contributed by atoms with Gasteiger partial charge >= 0.3 is 0 Å². The molecule has 0 atom stereocenters. The van der Waals surface area contributed by atoms with E-state index >= 15 is 0 Å². The highest BCUT2D eigenvalue weighted by molar-refractivity contribution is 6.04. The van der Waals surface area contributed by atoms with Crippen molar-refractivity contribution in [2.24, 2.45) is 0 Å². The van der Waals surface area contributed by atoms with Gasteiger partial charge in [0.15, 0.2) is 11.5 Å². The first-order chi connectivity index (χ1) is 19.6. The van der Waals surface area contributed by atoms with Crippen molar-refractivity contribution in [2.45, 2.75) is 71.4 Å². The Bertz CT molecular complexity index is 1600. The van der Waals surface area contributed by atoms with Gasteiger partial charge in [-0.1, -0.05) is 31.4 Å². The van der Waals surface area contributed by atoms with Gasteiger partial charge in [0.25, 0.3) is 5.91 Å². The van der Waals surface area contributed by atoms with E-state index in [0.717, 1.165) is 53.6 Å². The average molecular weight is 555 g/mol. The van der Waals surface area contributed by atoms with Crippen molar-refractivity contribution in [3.8, 4) is 28.4 Å². The van der Waals surface area contributed by atoms with Gasteiger partial charge in [-0.15, -0.1) is 0 Å². The summed E-state index contributed by atoms with van der Waals surface area (Å²) >= 11 is 0. The van der Waals surface area contributed by atoms with Crippen LogP contribution in [0.4, 0.5) is 5.69 Å². The standard InChI is InChI=1S/C34H38N2O5/c1-19-18-34(3,4)35-24-13-12-22-30(29(19)24)28(41-26-15-14-25(37)32(39-6)31(22)26)17-27-23(16-20(2)40-27)33(38)36(5)21-10-8-7-9-11-21/h12-18,21,35,37H,7-11H2,1-6H3/b28-17-. The minimum absolute atomic E-state index is 0.0396. The lowest BCUT2D eigenvalue weighted by Gasteiger charge is -2.35. The third-order valence-electron chi connectivity index (χ3n) is 8.49. The van der Waals surface area contributed by atoms with E-state index in [1.165, 1.54) is 6.42 Å². The Labute approximate surface area is 241 Å². The van der Waals surface area contributed by atoms with E-state index in [0.29, 0.717) is 39.9 Å². The van der Waals surface area contributed by atoms with Gasteiger partial charge in [-0.25, -0.2) is 0 Å². The number of nitrogens with one attached hydrogen (secondary N) is 1. The molecule has 7 nitrogen and oxygen atoms in total. The average Bonchev–Trinajstić information content (AvgIpc) is 3.31. The van der Waals surface area contributed by atoms with Gasteiger partial charge in [-0.05, 0) is 70.4 Å². The van der Waals surface area contributed by atoms with Crippen molar-refractivity contribution >= 4 is 29.0 Å². The molecular formula is C34H38N2O5. The van der Waals surface area contributed by atoms with Crippen molar-refractivity contribution < 1.29 is 23.8 Å². The van der Waals surface area contributed by atoms with Crippen LogP contribution in [0, 0.1) is 6.92 Å². The van der Waals surface area contributed by atoms with Gasteiger partial charge in [0.05, 0.1) is 23.8 Å². The van der Waals surface area contributed by atoms with Crippen LogP contribution in [0.2, 0.25) is 0 Å². The Morgan fingerprint density at radius 1 is 1.10 bits per heavy atom. The zero-order valence-corrected chi connectivity index (χ0v) is 24.7. The van der Waals surface area contributed by atoms with Crippen molar-refractivity contribution in [3.05, 3.63) is 64.6 Å². The van der Waals surface area contributed by atoms with Gasteiger partial charge < -0.3 is 29.2 Å². The maximum Gasteiger partial charge on any atom is 0.257 e. The topological polar surface area (TPSA) is 84.2 Å². The molecule has 7 heteroatoms. The summed E-state index contributed by atoms with van der Waals surface area (Å²) in [5.74, 6) is 2.60. The first-order valence-electron chi connectivity index (χ1n) is 14.4. The molecule has 0 spiro atoms. The normalized spacial score (nSPS) is 18.4. The van der Waals surface area contributed by atoms with Gasteiger partial charge in [0.1, 0.15) is 23.0 Å². The Morgan fingerprint density at radius 2 is 1.85 bits per heavy atom. The Hall–Kier alpha value is -4.13. The van der Waals surface area contributed by atoms with Crippen LogP contribution >= 0.6 is 0 Å². The molecule has 6 rings (SSSR count). The number of carbonyl (C=O) groups excluding carboxylic acids is 1. The number of hydrogen-bond donors (Lipinski definition) is 2. The molecule has 1 amide bonds. The number of rotatable bonds is 4. The molecule has 0 bridgehead atoms. The van der Waals surface area contributed by atoms with Crippen LogP contribution in [-0.2, 0) is 0 Å². The minimum Gasteiger partial charge on any atom is -0.504 e. The number of fused-ring (bicyclic) bond motifs is 5. The van der Waals surface area contributed by atoms with Gasteiger partial charge in [0.2, 0.25) is 0 Å². The summed E-state index contributed by atoms with van der Waals surface area (Å²) < 4.78 is 18.4. The molecule has 3 heterocycles. The molecule has 1 aliphatic carbocycles. The molecule has 0 saturated heterocycles.